The first kappa shape index (κ1) is 20.5. The molecule has 1 fully saturated rings. The van der Waals surface area contributed by atoms with Gasteiger partial charge < -0.3 is 10.2 Å². The normalized spacial score (nSPS) is 17.8. The molecular weight excluding hydrogens is 389 g/mol. The minimum absolute atomic E-state index is 0.220. The summed E-state index contributed by atoms with van der Waals surface area (Å²) in [5.74, 6) is -3.44. The molecule has 3 rings (SSSR count). The van der Waals surface area contributed by atoms with Crippen LogP contribution in [0.5, 0.6) is 0 Å². The molecule has 1 unspecified atom stereocenters. The maximum atomic E-state index is 13.7. The van der Waals surface area contributed by atoms with Crippen molar-refractivity contribution >= 4 is 23.2 Å². The van der Waals surface area contributed by atoms with Crippen molar-refractivity contribution in [1.82, 2.24) is 5.32 Å². The van der Waals surface area contributed by atoms with Crippen molar-refractivity contribution in [3.63, 3.8) is 0 Å². The monoisotopic (exact) mass is 410 g/mol. The van der Waals surface area contributed by atoms with Crippen LogP contribution in [0.2, 0.25) is 5.02 Å². The molecule has 150 valence electrons. The van der Waals surface area contributed by atoms with Crippen LogP contribution in [0.1, 0.15) is 37.3 Å². The van der Waals surface area contributed by atoms with Gasteiger partial charge in [-0.3, -0.25) is 4.79 Å². The number of hydrogen-bond acceptors (Lipinski definition) is 2. The quantitative estimate of drug-likeness (QED) is 0.720. The average Bonchev–Trinajstić information content (AvgIpc) is 2.65. The molecule has 1 atom stereocenters. The Morgan fingerprint density at radius 1 is 1.18 bits per heavy atom. The van der Waals surface area contributed by atoms with E-state index < -0.39 is 17.8 Å². The standard InChI is InChI=1S/C21H22ClF3N2O/c1-27(16-6-4-5-14(23)13-16)19(17-7-2-3-8-18(17)22)20(28)26-15-9-11-21(24,25)12-10-15/h2-8,13,15,19H,9-12H2,1H3,(H,26,28). The summed E-state index contributed by atoms with van der Waals surface area (Å²) in [5, 5.41) is 3.29. The van der Waals surface area contributed by atoms with Crippen molar-refractivity contribution in [2.45, 2.75) is 43.7 Å². The number of nitrogens with zero attached hydrogens (tertiary/aromatic N) is 1. The van der Waals surface area contributed by atoms with Crippen molar-refractivity contribution in [2.75, 3.05) is 11.9 Å². The van der Waals surface area contributed by atoms with Crippen LogP contribution < -0.4 is 10.2 Å². The van der Waals surface area contributed by atoms with E-state index in [2.05, 4.69) is 5.32 Å². The first-order valence-corrected chi connectivity index (χ1v) is 9.56. The van der Waals surface area contributed by atoms with Gasteiger partial charge in [0.25, 0.3) is 0 Å². The Labute approximate surface area is 167 Å². The van der Waals surface area contributed by atoms with Crippen LogP contribution in [-0.2, 0) is 4.79 Å². The minimum atomic E-state index is -2.66. The second kappa shape index (κ2) is 8.43. The molecule has 2 aromatic carbocycles. The molecule has 3 nitrogen and oxygen atoms in total. The number of halogens is 4. The third-order valence-electron chi connectivity index (χ3n) is 5.11. The van der Waals surface area contributed by atoms with E-state index in [-0.39, 0.29) is 37.6 Å². The molecule has 0 saturated heterocycles. The largest absolute Gasteiger partial charge is 0.359 e. The van der Waals surface area contributed by atoms with E-state index in [9.17, 15) is 18.0 Å². The lowest BCUT2D eigenvalue weighted by atomic mass is 9.91. The molecule has 1 N–H and O–H groups in total. The smallest absolute Gasteiger partial charge is 0.248 e. The molecule has 0 aliphatic heterocycles. The van der Waals surface area contributed by atoms with Gasteiger partial charge in [-0.15, -0.1) is 0 Å². The van der Waals surface area contributed by atoms with Crippen LogP contribution >= 0.6 is 11.6 Å². The predicted molar refractivity (Wildman–Crippen MR) is 104 cm³/mol. The van der Waals surface area contributed by atoms with E-state index in [4.69, 9.17) is 11.6 Å². The fourth-order valence-electron chi connectivity index (χ4n) is 3.53. The summed E-state index contributed by atoms with van der Waals surface area (Å²) >= 11 is 6.33. The van der Waals surface area contributed by atoms with E-state index in [0.717, 1.165) is 0 Å². The molecule has 0 spiro atoms. The highest BCUT2D eigenvalue weighted by atomic mass is 35.5. The molecule has 0 radical (unpaired) electrons. The van der Waals surface area contributed by atoms with Crippen LogP contribution in [0.4, 0.5) is 18.9 Å². The number of alkyl halides is 2. The molecule has 1 saturated carbocycles. The lowest BCUT2D eigenvalue weighted by Gasteiger charge is -2.33. The number of carbonyl (C=O) groups is 1. The molecule has 0 bridgehead atoms. The van der Waals surface area contributed by atoms with E-state index in [1.165, 1.54) is 12.1 Å². The molecule has 1 amide bonds. The van der Waals surface area contributed by atoms with E-state index in [1.807, 2.05) is 0 Å². The summed E-state index contributed by atoms with van der Waals surface area (Å²) in [5.41, 5.74) is 1.07. The fourth-order valence-corrected chi connectivity index (χ4v) is 3.77. The summed E-state index contributed by atoms with van der Waals surface area (Å²) < 4.78 is 40.5. The second-order valence-corrected chi connectivity index (χ2v) is 7.56. The van der Waals surface area contributed by atoms with Gasteiger partial charge >= 0.3 is 0 Å². The number of rotatable bonds is 5. The predicted octanol–water partition coefficient (Wildman–Crippen LogP) is 5.35. The number of likely N-dealkylation sites (N-methyl/N-ethyl adjacent to an activating group) is 1. The van der Waals surface area contributed by atoms with E-state index >= 15 is 0 Å². The van der Waals surface area contributed by atoms with Gasteiger partial charge in [0.05, 0.1) is 0 Å². The highest BCUT2D eigenvalue weighted by Crippen LogP contribution is 2.35. The summed E-state index contributed by atoms with van der Waals surface area (Å²) in [6, 6.07) is 11.7. The van der Waals surface area contributed by atoms with Crippen molar-refractivity contribution in [3.05, 3.63) is 64.9 Å². The lowest BCUT2D eigenvalue weighted by molar-refractivity contribution is -0.124. The number of nitrogens with one attached hydrogen (secondary N) is 1. The number of amides is 1. The summed E-state index contributed by atoms with van der Waals surface area (Å²) in [7, 11) is 1.68. The SMILES string of the molecule is CN(c1cccc(F)c1)C(C(=O)NC1CCC(F)(F)CC1)c1ccccc1Cl. The number of carbonyl (C=O) groups excluding carboxylic acids is 1. The Morgan fingerprint density at radius 2 is 1.86 bits per heavy atom. The highest BCUT2D eigenvalue weighted by Gasteiger charge is 2.37. The number of benzene rings is 2. The first-order valence-electron chi connectivity index (χ1n) is 9.18. The zero-order valence-corrected chi connectivity index (χ0v) is 16.2. The van der Waals surface area contributed by atoms with Gasteiger partial charge in [-0.05, 0) is 37.1 Å². The Balaban J connectivity index is 1.86. The van der Waals surface area contributed by atoms with Crippen molar-refractivity contribution < 1.29 is 18.0 Å². The first-order chi connectivity index (χ1) is 13.3. The fraction of sp³-hybridized carbons (Fsp3) is 0.381. The van der Waals surface area contributed by atoms with Crippen LogP contribution in [0.3, 0.4) is 0 Å². The molecule has 1 aliphatic carbocycles. The third kappa shape index (κ3) is 4.79. The average molecular weight is 411 g/mol. The molecular formula is C21H22ClF3N2O. The van der Waals surface area contributed by atoms with Gasteiger partial charge in [0.1, 0.15) is 11.9 Å². The third-order valence-corrected chi connectivity index (χ3v) is 5.46. The van der Waals surface area contributed by atoms with Crippen molar-refractivity contribution in [1.29, 1.82) is 0 Å². The maximum absolute atomic E-state index is 13.7. The van der Waals surface area contributed by atoms with Crippen LogP contribution in [0.15, 0.2) is 48.5 Å². The van der Waals surface area contributed by atoms with Crippen LogP contribution in [0.25, 0.3) is 0 Å². The summed E-state index contributed by atoms with van der Waals surface area (Å²) in [6.45, 7) is 0. The Bertz CT molecular complexity index is 836. The van der Waals surface area contributed by atoms with Gasteiger partial charge in [-0.1, -0.05) is 35.9 Å². The molecule has 1 aliphatic rings. The topological polar surface area (TPSA) is 32.3 Å². The van der Waals surface area contributed by atoms with Gasteiger partial charge in [0, 0.05) is 42.2 Å². The lowest BCUT2D eigenvalue weighted by Crippen LogP contribution is -2.46. The Morgan fingerprint density at radius 3 is 2.50 bits per heavy atom. The van der Waals surface area contributed by atoms with E-state index in [0.29, 0.717) is 16.3 Å². The van der Waals surface area contributed by atoms with Crippen molar-refractivity contribution in [2.24, 2.45) is 0 Å². The zero-order valence-electron chi connectivity index (χ0n) is 15.5. The summed E-state index contributed by atoms with van der Waals surface area (Å²) in [4.78, 5) is 14.8. The molecule has 0 aromatic heterocycles. The van der Waals surface area contributed by atoms with E-state index in [1.54, 1.807) is 48.3 Å². The summed E-state index contributed by atoms with van der Waals surface area (Å²) in [6.07, 6.45) is -0.0434. The number of anilines is 1. The molecule has 7 heteroatoms. The highest BCUT2D eigenvalue weighted by molar-refractivity contribution is 6.31. The second-order valence-electron chi connectivity index (χ2n) is 7.15. The van der Waals surface area contributed by atoms with Crippen LogP contribution in [-0.4, -0.2) is 24.9 Å². The van der Waals surface area contributed by atoms with Gasteiger partial charge in [-0.25, -0.2) is 13.2 Å². The van der Waals surface area contributed by atoms with Crippen LogP contribution in [0, 0.1) is 5.82 Å². The van der Waals surface area contributed by atoms with Crippen molar-refractivity contribution in [3.8, 4) is 0 Å². The van der Waals surface area contributed by atoms with Gasteiger partial charge in [0.2, 0.25) is 11.8 Å². The Kier molecular flexibility index (Phi) is 6.18. The molecule has 0 heterocycles. The minimum Gasteiger partial charge on any atom is -0.359 e. The van der Waals surface area contributed by atoms with Gasteiger partial charge in [-0.2, -0.15) is 0 Å². The molecule has 2 aromatic rings. The van der Waals surface area contributed by atoms with Gasteiger partial charge in [0.15, 0.2) is 0 Å². The Hall–Kier alpha value is -2.21. The zero-order chi connectivity index (χ0) is 20.3. The number of hydrogen-bond donors (Lipinski definition) is 1. The molecule has 28 heavy (non-hydrogen) atoms. The maximum Gasteiger partial charge on any atom is 0.248 e.